The Bertz CT molecular complexity index is 834. The Kier molecular flexibility index (Phi) is 5.33. The van der Waals surface area contributed by atoms with Gasteiger partial charge in [0.25, 0.3) is 17.3 Å². The highest BCUT2D eigenvalue weighted by atomic mass is 35.5. The van der Waals surface area contributed by atoms with Crippen molar-refractivity contribution in [3.8, 4) is 0 Å². The van der Waals surface area contributed by atoms with Crippen molar-refractivity contribution in [1.29, 1.82) is 0 Å². The lowest BCUT2D eigenvalue weighted by molar-refractivity contribution is -0.395. The SMILES string of the molecule is Cc1c([N+](=O)[O-])cc(C(=O)N(C)Cc2ccccc2Cl)cc1[N+](=O)[O-]. The molecule has 2 rings (SSSR count). The highest BCUT2D eigenvalue weighted by Crippen LogP contribution is 2.30. The molecule has 0 unspecified atom stereocenters. The third-order valence-corrected chi connectivity index (χ3v) is 4.07. The van der Waals surface area contributed by atoms with Gasteiger partial charge in [0, 0.05) is 30.7 Å². The lowest BCUT2D eigenvalue weighted by Gasteiger charge is -2.18. The minimum Gasteiger partial charge on any atom is -0.337 e. The van der Waals surface area contributed by atoms with E-state index in [9.17, 15) is 25.0 Å². The summed E-state index contributed by atoms with van der Waals surface area (Å²) in [5, 5.41) is 22.7. The largest absolute Gasteiger partial charge is 0.337 e. The van der Waals surface area contributed by atoms with Crippen LogP contribution in [0.5, 0.6) is 0 Å². The minimum absolute atomic E-state index is 0.0969. The van der Waals surface area contributed by atoms with Crippen LogP contribution in [0.3, 0.4) is 0 Å². The van der Waals surface area contributed by atoms with Gasteiger partial charge >= 0.3 is 0 Å². The van der Waals surface area contributed by atoms with Gasteiger partial charge in [-0.05, 0) is 18.6 Å². The van der Waals surface area contributed by atoms with Gasteiger partial charge < -0.3 is 4.90 Å². The first kappa shape index (κ1) is 18.3. The van der Waals surface area contributed by atoms with Gasteiger partial charge in [-0.3, -0.25) is 25.0 Å². The molecule has 0 aliphatic heterocycles. The molecule has 0 N–H and O–H groups in total. The second-order valence-corrected chi connectivity index (χ2v) is 5.81. The summed E-state index contributed by atoms with van der Waals surface area (Å²) in [6.45, 7) is 1.44. The fourth-order valence-electron chi connectivity index (χ4n) is 2.36. The molecule has 0 spiro atoms. The molecule has 1 amide bonds. The maximum absolute atomic E-state index is 12.6. The van der Waals surface area contributed by atoms with E-state index >= 15 is 0 Å². The van der Waals surface area contributed by atoms with Crippen LogP contribution in [0.4, 0.5) is 11.4 Å². The molecule has 0 atom stereocenters. The molecule has 0 saturated carbocycles. The van der Waals surface area contributed by atoms with Crippen molar-refractivity contribution in [2.75, 3.05) is 7.05 Å². The Hall–Kier alpha value is -3.00. The number of nitro groups is 2. The van der Waals surface area contributed by atoms with E-state index in [0.717, 1.165) is 12.1 Å². The van der Waals surface area contributed by atoms with E-state index in [2.05, 4.69) is 0 Å². The number of rotatable bonds is 5. The fraction of sp³-hybridized carbons (Fsp3) is 0.188. The van der Waals surface area contributed by atoms with Gasteiger partial charge in [0.15, 0.2) is 0 Å². The summed E-state index contributed by atoms with van der Waals surface area (Å²) in [5.74, 6) is -0.578. The summed E-state index contributed by atoms with van der Waals surface area (Å²) in [6, 6.07) is 9.03. The lowest BCUT2D eigenvalue weighted by atomic mass is 10.1. The van der Waals surface area contributed by atoms with Crippen molar-refractivity contribution in [1.82, 2.24) is 4.90 Å². The Morgan fingerprint density at radius 3 is 2.12 bits per heavy atom. The van der Waals surface area contributed by atoms with Crippen molar-refractivity contribution in [3.05, 3.63) is 78.3 Å². The van der Waals surface area contributed by atoms with Crippen LogP contribution < -0.4 is 0 Å². The van der Waals surface area contributed by atoms with Crippen molar-refractivity contribution in [2.45, 2.75) is 13.5 Å². The number of amides is 1. The number of hydrogen-bond donors (Lipinski definition) is 0. The van der Waals surface area contributed by atoms with E-state index in [1.807, 2.05) is 0 Å². The molecule has 25 heavy (non-hydrogen) atoms. The highest BCUT2D eigenvalue weighted by molar-refractivity contribution is 6.31. The number of carbonyl (C=O) groups excluding carboxylic acids is 1. The molecule has 0 aromatic heterocycles. The number of benzene rings is 2. The molecule has 9 heteroatoms. The molecule has 130 valence electrons. The van der Waals surface area contributed by atoms with Crippen LogP contribution in [0.2, 0.25) is 5.02 Å². The maximum Gasteiger partial charge on any atom is 0.279 e. The van der Waals surface area contributed by atoms with Crippen LogP contribution in [0.25, 0.3) is 0 Å². The zero-order valence-corrected chi connectivity index (χ0v) is 14.2. The van der Waals surface area contributed by atoms with Gasteiger partial charge in [0.2, 0.25) is 0 Å². The van der Waals surface area contributed by atoms with Crippen LogP contribution in [-0.2, 0) is 6.54 Å². The molecule has 0 aliphatic carbocycles. The van der Waals surface area contributed by atoms with Gasteiger partial charge in [-0.2, -0.15) is 0 Å². The van der Waals surface area contributed by atoms with Gasteiger partial charge in [0.05, 0.1) is 15.4 Å². The Labute approximate surface area is 147 Å². The summed E-state index contributed by atoms with van der Waals surface area (Å²) >= 11 is 6.06. The zero-order chi connectivity index (χ0) is 18.7. The fourth-order valence-corrected chi connectivity index (χ4v) is 2.56. The van der Waals surface area contributed by atoms with E-state index in [1.54, 1.807) is 24.3 Å². The number of nitro benzene ring substituents is 2. The van der Waals surface area contributed by atoms with Gasteiger partial charge in [-0.1, -0.05) is 29.8 Å². The summed E-state index contributed by atoms with van der Waals surface area (Å²) in [7, 11) is 1.49. The topological polar surface area (TPSA) is 107 Å². The monoisotopic (exact) mass is 363 g/mol. The Morgan fingerprint density at radius 1 is 1.12 bits per heavy atom. The normalized spacial score (nSPS) is 10.4. The third-order valence-electron chi connectivity index (χ3n) is 3.71. The molecule has 0 radical (unpaired) electrons. The van der Waals surface area contributed by atoms with Gasteiger partial charge in [0.1, 0.15) is 5.56 Å². The van der Waals surface area contributed by atoms with Crippen LogP contribution >= 0.6 is 11.6 Å². The average Bonchev–Trinajstić information content (AvgIpc) is 2.55. The second-order valence-electron chi connectivity index (χ2n) is 5.41. The summed E-state index contributed by atoms with van der Waals surface area (Å²) in [6.07, 6.45) is 0. The van der Waals surface area contributed by atoms with Crippen molar-refractivity contribution in [2.24, 2.45) is 0 Å². The number of halogens is 1. The summed E-state index contributed by atoms with van der Waals surface area (Å²) < 4.78 is 0. The molecular weight excluding hydrogens is 350 g/mol. The van der Waals surface area contributed by atoms with Crippen LogP contribution in [0.15, 0.2) is 36.4 Å². The molecule has 2 aromatic rings. The first-order valence-corrected chi connectivity index (χ1v) is 7.52. The molecule has 0 saturated heterocycles. The van der Waals surface area contributed by atoms with E-state index < -0.39 is 27.1 Å². The van der Waals surface area contributed by atoms with Gasteiger partial charge in [-0.15, -0.1) is 0 Å². The molecule has 0 bridgehead atoms. The van der Waals surface area contributed by atoms with E-state index in [0.29, 0.717) is 10.6 Å². The van der Waals surface area contributed by atoms with Crippen molar-refractivity contribution >= 4 is 28.9 Å². The minimum atomic E-state index is -0.743. The molecule has 0 aliphatic rings. The predicted octanol–water partition coefficient (Wildman–Crippen LogP) is 3.74. The maximum atomic E-state index is 12.6. The molecule has 0 heterocycles. The van der Waals surface area contributed by atoms with Crippen molar-refractivity contribution < 1.29 is 14.6 Å². The first-order valence-electron chi connectivity index (χ1n) is 7.14. The van der Waals surface area contributed by atoms with Crippen molar-refractivity contribution in [3.63, 3.8) is 0 Å². The lowest BCUT2D eigenvalue weighted by Crippen LogP contribution is -2.26. The predicted molar refractivity (Wildman–Crippen MR) is 91.7 cm³/mol. The summed E-state index contributed by atoms with van der Waals surface area (Å²) in [5.41, 5.74) is -0.470. The second kappa shape index (κ2) is 7.27. The standard InChI is InChI=1S/C16H14ClN3O5/c1-10-14(19(22)23)7-12(8-15(10)20(24)25)16(21)18(2)9-11-5-3-4-6-13(11)17/h3-8H,9H2,1-2H3. The smallest absolute Gasteiger partial charge is 0.279 e. The van der Waals surface area contributed by atoms with E-state index in [1.165, 1.54) is 18.9 Å². The Balaban J connectivity index is 2.40. The molecule has 8 nitrogen and oxygen atoms in total. The molecule has 2 aromatic carbocycles. The van der Waals surface area contributed by atoms with Crippen LogP contribution in [-0.4, -0.2) is 27.7 Å². The molecule has 0 fully saturated rings. The zero-order valence-electron chi connectivity index (χ0n) is 13.4. The van der Waals surface area contributed by atoms with Crippen LogP contribution in [0, 0.1) is 27.2 Å². The Morgan fingerprint density at radius 2 is 1.64 bits per heavy atom. The average molecular weight is 364 g/mol. The molecular formula is C16H14ClN3O5. The number of carbonyl (C=O) groups is 1. The third kappa shape index (κ3) is 3.92. The van der Waals surface area contributed by atoms with Crippen LogP contribution in [0.1, 0.15) is 21.5 Å². The van der Waals surface area contributed by atoms with E-state index in [4.69, 9.17) is 11.6 Å². The number of nitrogens with zero attached hydrogens (tertiary/aromatic N) is 3. The summed E-state index contributed by atoms with van der Waals surface area (Å²) in [4.78, 5) is 34.6. The highest BCUT2D eigenvalue weighted by Gasteiger charge is 2.26. The first-order chi connectivity index (χ1) is 11.7. The van der Waals surface area contributed by atoms with Gasteiger partial charge in [-0.25, -0.2) is 0 Å². The quantitative estimate of drug-likeness (QED) is 0.594. The van der Waals surface area contributed by atoms with E-state index in [-0.39, 0.29) is 17.7 Å². The number of hydrogen-bond acceptors (Lipinski definition) is 5.